The van der Waals surface area contributed by atoms with Gasteiger partial charge in [-0.2, -0.15) is 0 Å². The topological polar surface area (TPSA) is 219 Å². The Bertz CT molecular complexity index is 4050. The molecule has 0 N–H and O–H groups in total. The van der Waals surface area contributed by atoms with Gasteiger partial charge in [0.2, 0.25) is 0 Å². The number of esters is 3. The van der Waals surface area contributed by atoms with Crippen molar-refractivity contribution in [3.63, 3.8) is 0 Å². The van der Waals surface area contributed by atoms with Crippen LogP contribution in [-0.2, 0) is 28.6 Å². The highest BCUT2D eigenvalue weighted by molar-refractivity contribution is 6.28. The summed E-state index contributed by atoms with van der Waals surface area (Å²) in [5, 5.41) is 4.51. The lowest BCUT2D eigenvalue weighted by Gasteiger charge is -2.37. The zero-order chi connectivity index (χ0) is 71.9. The van der Waals surface area contributed by atoms with Crippen molar-refractivity contribution >= 4 is 85.7 Å². The van der Waals surface area contributed by atoms with Gasteiger partial charge in [-0.05, 0) is 189 Å². The molecule has 6 amide bonds. The number of carbonyl (C=O) groups excluding carboxylic acids is 9. The number of ether oxygens (including phenoxy) is 6. The summed E-state index contributed by atoms with van der Waals surface area (Å²) >= 11 is 0. The van der Waals surface area contributed by atoms with E-state index in [4.69, 9.17) is 28.4 Å². The lowest BCUT2D eigenvalue weighted by Crippen LogP contribution is -2.44. The molecule has 3 saturated carbocycles. The Morgan fingerprint density at radius 2 is 0.871 bits per heavy atom. The fourth-order valence-corrected chi connectivity index (χ4v) is 14.9. The molecule has 18 nitrogen and oxygen atoms in total. The smallest absolute Gasteiger partial charge is 0.333 e. The maximum Gasteiger partial charge on any atom is 0.333 e. The van der Waals surface area contributed by atoms with Crippen LogP contribution >= 0.6 is 0 Å². The van der Waals surface area contributed by atoms with E-state index in [2.05, 4.69) is 40.5 Å². The van der Waals surface area contributed by atoms with E-state index >= 15 is 0 Å². The van der Waals surface area contributed by atoms with Crippen LogP contribution < -0.4 is 14.2 Å². The van der Waals surface area contributed by atoms with Gasteiger partial charge in [0, 0.05) is 96.5 Å². The first-order valence-corrected chi connectivity index (χ1v) is 36.5. The molecule has 6 aromatic rings. The minimum Gasteiger partial charge on any atom is -0.490 e. The molecule has 4 atom stereocenters. The predicted octanol–water partition coefficient (Wildman–Crippen LogP) is 16.7. The van der Waals surface area contributed by atoms with Gasteiger partial charge in [0.15, 0.2) is 0 Å². The summed E-state index contributed by atoms with van der Waals surface area (Å²) in [5.74, 6) is 0.689. The number of hydrogen-bond acceptors (Lipinski definition) is 15. The Morgan fingerprint density at radius 1 is 0.475 bits per heavy atom. The average molecular weight is 1380 g/mol. The summed E-state index contributed by atoms with van der Waals surface area (Å²) in [7, 11) is 0. The van der Waals surface area contributed by atoms with Crippen molar-refractivity contribution in [2.45, 2.75) is 194 Å². The van der Waals surface area contributed by atoms with E-state index in [-0.39, 0.29) is 54.5 Å². The maximum absolute atomic E-state index is 13.3. The van der Waals surface area contributed by atoms with Gasteiger partial charge in [0.05, 0.1) is 32.0 Å². The number of benzene rings is 6. The summed E-state index contributed by atoms with van der Waals surface area (Å²) in [6.07, 6.45) is 23.1. The molecule has 4 unspecified atom stereocenters. The van der Waals surface area contributed by atoms with Crippen LogP contribution in [0.25, 0.3) is 32.3 Å². The van der Waals surface area contributed by atoms with Gasteiger partial charge < -0.3 is 28.4 Å². The second-order valence-corrected chi connectivity index (χ2v) is 28.1. The lowest BCUT2D eigenvalue weighted by molar-refractivity contribution is -0.142. The SMILES string of the molecule is C=C(C)C(=O)OCCCCCCN1C(=O)c2cccc3c(OC4CCCCC4)ccc(c23)C1=O.C=CC(=O)OC(C)CN1C(=O)c2cccc3c(OC4CC(C)CCC4C(C)C)ccc(c23)C1=O.C=CC(=O)OCCCCCCN1C(=O)c2cccc3c(OC4CCCCC4)ccc(c23)C1=O. The minimum absolute atomic E-state index is 0.0264. The van der Waals surface area contributed by atoms with E-state index in [0.29, 0.717) is 118 Å². The Morgan fingerprint density at radius 3 is 1.29 bits per heavy atom. The van der Waals surface area contributed by atoms with Crippen molar-refractivity contribution in [1.29, 1.82) is 0 Å². The number of rotatable bonds is 27. The molecule has 0 radical (unpaired) electrons. The molecule has 0 spiro atoms. The summed E-state index contributed by atoms with van der Waals surface area (Å²) in [6, 6.07) is 27.7. The van der Waals surface area contributed by atoms with Crippen molar-refractivity contribution in [3.8, 4) is 17.2 Å². The van der Waals surface area contributed by atoms with Crippen molar-refractivity contribution in [1.82, 2.24) is 14.7 Å². The molecule has 6 aliphatic rings. The van der Waals surface area contributed by atoms with Gasteiger partial charge in [-0.3, -0.25) is 43.5 Å². The molecular formula is C83H97N3O15. The number of unbranched alkanes of at least 4 members (excludes halogenated alkanes) is 6. The van der Waals surface area contributed by atoms with Crippen LogP contribution in [0.3, 0.4) is 0 Å². The molecule has 0 bridgehead atoms. The van der Waals surface area contributed by atoms with Gasteiger partial charge in [-0.25, -0.2) is 14.4 Å². The summed E-state index contributed by atoms with van der Waals surface area (Å²) in [6.45, 7) is 21.8. The molecule has 3 aliphatic heterocycles. The first-order chi connectivity index (χ1) is 48.8. The number of imide groups is 3. The van der Waals surface area contributed by atoms with Crippen molar-refractivity contribution < 1.29 is 71.6 Å². The molecule has 18 heteroatoms. The first-order valence-electron chi connectivity index (χ1n) is 36.5. The van der Waals surface area contributed by atoms with E-state index in [1.54, 1.807) is 44.2 Å². The Hall–Kier alpha value is -9.45. The summed E-state index contributed by atoms with van der Waals surface area (Å²) in [5.41, 5.74) is 3.56. The molecule has 0 aromatic heterocycles. The van der Waals surface area contributed by atoms with Gasteiger partial charge in [-0.1, -0.05) is 109 Å². The molecular weight excluding hydrogens is 1280 g/mol. The molecule has 3 aliphatic carbocycles. The van der Waals surface area contributed by atoms with Crippen molar-refractivity contribution in [2.24, 2.45) is 17.8 Å². The highest BCUT2D eigenvalue weighted by Crippen LogP contribution is 2.43. The van der Waals surface area contributed by atoms with E-state index in [1.165, 1.54) is 54.7 Å². The number of nitrogens with zero attached hydrogens (tertiary/aromatic N) is 3. The molecule has 3 heterocycles. The zero-order valence-electron chi connectivity index (χ0n) is 59.3. The van der Waals surface area contributed by atoms with E-state index in [1.807, 2.05) is 60.7 Å². The Labute approximate surface area is 592 Å². The van der Waals surface area contributed by atoms with E-state index in [0.717, 1.165) is 122 Å². The second-order valence-electron chi connectivity index (χ2n) is 28.1. The highest BCUT2D eigenvalue weighted by atomic mass is 16.5. The minimum atomic E-state index is -0.650. The largest absolute Gasteiger partial charge is 0.490 e. The standard InChI is InChI=1S/2C28H33NO5.C27H31NO5/c1-6-25(30)33-18(5)15-29-27(31)21-9-7-8-20-23(13-12-22(26(20)21)28(29)32)34-24-14-17(4)10-11-19(24)16(2)3;1-19(2)28(32)33-18-9-4-3-8-17-29-26(30)22-14-10-13-21-24(34-20-11-6-5-7-12-20)16-15-23(25(21)22)27(29)31;1-2-24(29)32-18-9-4-3-8-17-28-26(30)21-14-10-13-20-23(33-19-11-6-5-7-12-19)16-15-22(25(20)21)27(28)31/h6-9,12-13,16-19,24H,1,10-11,14-15H2,2-5H3;10,13-16,20H,1,3-9,11-12,17-18H2,2H3;2,10,13-16,19H,1,3-9,11-12,17-18H2. The molecule has 6 aromatic carbocycles. The van der Waals surface area contributed by atoms with Crippen molar-refractivity contribution in [3.05, 3.63) is 162 Å². The monoisotopic (exact) mass is 1380 g/mol. The summed E-state index contributed by atoms with van der Waals surface area (Å²) < 4.78 is 34.5. The number of hydrogen-bond donors (Lipinski definition) is 0. The van der Waals surface area contributed by atoms with Crippen LogP contribution in [0.15, 0.2) is 128 Å². The van der Waals surface area contributed by atoms with Crippen LogP contribution in [0.5, 0.6) is 17.2 Å². The van der Waals surface area contributed by atoms with Gasteiger partial charge >= 0.3 is 17.9 Å². The third kappa shape index (κ3) is 17.7. The predicted molar refractivity (Wildman–Crippen MR) is 388 cm³/mol. The quantitative estimate of drug-likeness (QED) is 0.0154. The number of amides is 6. The second kappa shape index (κ2) is 34.8. The Kier molecular flexibility index (Phi) is 25.5. The van der Waals surface area contributed by atoms with E-state index in [9.17, 15) is 43.2 Å². The van der Waals surface area contributed by atoms with E-state index < -0.39 is 29.9 Å². The lowest BCUT2D eigenvalue weighted by atomic mass is 9.75. The fraction of sp³-hybridized carbons (Fsp3) is 0.458. The van der Waals surface area contributed by atoms with Gasteiger partial charge in [0.1, 0.15) is 29.5 Å². The van der Waals surface area contributed by atoms with Crippen LogP contribution in [0.1, 0.15) is 232 Å². The third-order valence-corrected chi connectivity index (χ3v) is 20.3. The molecule has 12 rings (SSSR count). The van der Waals surface area contributed by atoms with Crippen molar-refractivity contribution in [2.75, 3.05) is 32.8 Å². The molecule has 534 valence electrons. The Balaban J connectivity index is 0.000000163. The normalized spacial score (nSPS) is 18.5. The van der Waals surface area contributed by atoms with Gasteiger partial charge in [0.25, 0.3) is 35.4 Å². The zero-order valence-corrected chi connectivity index (χ0v) is 59.3. The molecule has 0 saturated heterocycles. The fourth-order valence-electron chi connectivity index (χ4n) is 14.9. The highest BCUT2D eigenvalue weighted by Gasteiger charge is 2.39. The summed E-state index contributed by atoms with van der Waals surface area (Å²) in [4.78, 5) is 117. The molecule has 101 heavy (non-hydrogen) atoms. The van der Waals surface area contributed by atoms with Gasteiger partial charge in [-0.15, -0.1) is 0 Å². The third-order valence-electron chi connectivity index (χ3n) is 20.3. The van der Waals surface area contributed by atoms with Crippen LogP contribution in [-0.4, -0.2) is 125 Å². The molecule has 3 fully saturated rings. The van der Waals surface area contributed by atoms with Crippen LogP contribution in [0.4, 0.5) is 0 Å². The maximum atomic E-state index is 13.3. The van der Waals surface area contributed by atoms with Crippen LogP contribution in [0.2, 0.25) is 0 Å². The van der Waals surface area contributed by atoms with Crippen LogP contribution in [0, 0.1) is 17.8 Å². The first kappa shape index (κ1) is 74.2. The average Bonchev–Trinajstić information content (AvgIpc) is 0.754. The number of carbonyl (C=O) groups is 9.